The molecule has 0 atom stereocenters. The van der Waals surface area contributed by atoms with E-state index < -0.39 is 34.1 Å². The molecule has 98 valence electrons. The molecule has 6 nitrogen and oxygen atoms in total. The molecule has 0 aliphatic rings. The molecule has 0 spiro atoms. The lowest BCUT2D eigenvalue weighted by atomic mass is 10.1. The molecule has 0 aliphatic heterocycles. The van der Waals surface area contributed by atoms with Crippen molar-refractivity contribution in [2.75, 3.05) is 6.61 Å². The molecule has 1 heterocycles. The van der Waals surface area contributed by atoms with Crippen LogP contribution in [0.2, 0.25) is 0 Å². The molecule has 8 heteroatoms. The van der Waals surface area contributed by atoms with Crippen LogP contribution in [0.3, 0.4) is 0 Å². The van der Waals surface area contributed by atoms with Gasteiger partial charge in [0.05, 0.1) is 17.1 Å². The van der Waals surface area contributed by atoms with Gasteiger partial charge in [0.25, 0.3) is 6.43 Å². The van der Waals surface area contributed by atoms with Gasteiger partial charge in [0.1, 0.15) is 11.8 Å². The Balaban J connectivity index is 3.53. The number of esters is 1. The number of halogens is 2. The Bertz CT molecular complexity index is 491. The van der Waals surface area contributed by atoms with E-state index in [1.54, 1.807) is 0 Å². The number of carbonyl (C=O) groups is 1. The summed E-state index contributed by atoms with van der Waals surface area (Å²) >= 11 is 0. The number of aryl methyl sites for hydroxylation is 1. The lowest BCUT2D eigenvalue weighted by Crippen LogP contribution is -2.14. The number of nitrogens with zero attached hydrogens (tertiary/aromatic N) is 2. The van der Waals surface area contributed by atoms with Crippen LogP contribution in [0.1, 0.15) is 35.0 Å². The van der Waals surface area contributed by atoms with Crippen molar-refractivity contribution in [2.24, 2.45) is 0 Å². The predicted octanol–water partition coefficient (Wildman–Crippen LogP) is 2.41. The zero-order valence-electron chi connectivity index (χ0n) is 9.65. The summed E-state index contributed by atoms with van der Waals surface area (Å²) in [5, 5.41) is 10.7. The maximum atomic E-state index is 12.9. The largest absolute Gasteiger partial charge is 0.462 e. The molecule has 0 aliphatic carbocycles. The van der Waals surface area contributed by atoms with Crippen molar-refractivity contribution < 1.29 is 23.2 Å². The van der Waals surface area contributed by atoms with E-state index in [0.29, 0.717) is 0 Å². The minimum absolute atomic E-state index is 0.0694. The first-order chi connectivity index (χ1) is 8.40. The molecule has 0 bridgehead atoms. The second kappa shape index (κ2) is 5.48. The Morgan fingerprint density at radius 1 is 1.61 bits per heavy atom. The second-order valence-corrected chi connectivity index (χ2v) is 3.30. The summed E-state index contributed by atoms with van der Waals surface area (Å²) in [7, 11) is 0. The van der Waals surface area contributed by atoms with Crippen molar-refractivity contribution in [1.82, 2.24) is 4.98 Å². The van der Waals surface area contributed by atoms with Crippen molar-refractivity contribution in [3.63, 3.8) is 0 Å². The number of alkyl halides is 2. The Morgan fingerprint density at radius 3 is 2.67 bits per heavy atom. The highest BCUT2D eigenvalue weighted by Crippen LogP contribution is 2.31. The number of pyridine rings is 1. The molecule has 0 aromatic carbocycles. The molecule has 0 N–H and O–H groups in total. The van der Waals surface area contributed by atoms with Crippen LogP contribution in [-0.4, -0.2) is 22.5 Å². The minimum atomic E-state index is -3.04. The van der Waals surface area contributed by atoms with Gasteiger partial charge in [-0.1, -0.05) is 0 Å². The van der Waals surface area contributed by atoms with Crippen LogP contribution in [0, 0.1) is 17.0 Å². The molecular weight excluding hydrogens is 250 g/mol. The summed E-state index contributed by atoms with van der Waals surface area (Å²) in [5.74, 6) is -1.15. The molecule has 18 heavy (non-hydrogen) atoms. The molecule has 1 aromatic rings. The summed E-state index contributed by atoms with van der Waals surface area (Å²) in [6, 6.07) is 0. The zero-order chi connectivity index (χ0) is 13.9. The smallest absolute Gasteiger partial charge is 0.345 e. The van der Waals surface area contributed by atoms with Crippen LogP contribution in [0.25, 0.3) is 0 Å². The van der Waals surface area contributed by atoms with Crippen molar-refractivity contribution in [3.8, 4) is 0 Å². The maximum absolute atomic E-state index is 12.9. The van der Waals surface area contributed by atoms with E-state index in [2.05, 4.69) is 9.72 Å². The van der Waals surface area contributed by atoms with Crippen LogP contribution in [-0.2, 0) is 4.74 Å². The number of hydrogen-bond acceptors (Lipinski definition) is 5. The molecule has 0 saturated heterocycles. The van der Waals surface area contributed by atoms with E-state index in [0.717, 1.165) is 6.20 Å². The first-order valence-corrected chi connectivity index (χ1v) is 4.99. The Morgan fingerprint density at radius 2 is 2.22 bits per heavy atom. The predicted molar refractivity (Wildman–Crippen MR) is 56.5 cm³/mol. The van der Waals surface area contributed by atoms with Gasteiger partial charge in [-0.15, -0.1) is 0 Å². The first-order valence-electron chi connectivity index (χ1n) is 4.99. The number of hydrogen-bond donors (Lipinski definition) is 0. The van der Waals surface area contributed by atoms with Crippen molar-refractivity contribution in [1.29, 1.82) is 0 Å². The normalized spacial score (nSPS) is 10.5. The van der Waals surface area contributed by atoms with E-state index in [-0.39, 0.29) is 12.3 Å². The van der Waals surface area contributed by atoms with E-state index in [1.165, 1.54) is 13.8 Å². The number of aromatic nitrogens is 1. The quantitative estimate of drug-likeness (QED) is 0.471. The van der Waals surface area contributed by atoms with Gasteiger partial charge < -0.3 is 4.74 Å². The third-order valence-corrected chi connectivity index (χ3v) is 2.19. The minimum Gasteiger partial charge on any atom is -0.462 e. The van der Waals surface area contributed by atoms with E-state index in [1.807, 2.05) is 0 Å². The molecule has 0 radical (unpaired) electrons. The van der Waals surface area contributed by atoms with Gasteiger partial charge in [0.2, 0.25) is 0 Å². The molecule has 1 aromatic heterocycles. The summed E-state index contributed by atoms with van der Waals surface area (Å²) < 4.78 is 30.3. The van der Waals surface area contributed by atoms with Gasteiger partial charge in [-0.2, -0.15) is 0 Å². The van der Waals surface area contributed by atoms with E-state index in [9.17, 15) is 23.7 Å². The molecule has 0 unspecified atom stereocenters. The Hall–Kier alpha value is -2.12. The molecular formula is C10H10F2N2O4. The highest BCUT2D eigenvalue weighted by molar-refractivity contribution is 5.95. The molecule has 0 fully saturated rings. The highest BCUT2D eigenvalue weighted by Gasteiger charge is 2.31. The fourth-order valence-electron chi connectivity index (χ4n) is 1.43. The SMILES string of the molecule is CCOC(=O)c1c([N+](=O)[O-])cnc(C)c1C(F)F. The summed E-state index contributed by atoms with van der Waals surface area (Å²) in [6.07, 6.45) is -2.27. The topological polar surface area (TPSA) is 82.3 Å². The van der Waals surface area contributed by atoms with Crippen LogP contribution >= 0.6 is 0 Å². The van der Waals surface area contributed by atoms with Crippen LogP contribution in [0.4, 0.5) is 14.5 Å². The van der Waals surface area contributed by atoms with Crippen molar-refractivity contribution >= 4 is 11.7 Å². The average Bonchev–Trinajstić information content (AvgIpc) is 2.27. The number of rotatable bonds is 4. The van der Waals surface area contributed by atoms with Gasteiger partial charge in [0.15, 0.2) is 0 Å². The number of nitro groups is 1. The second-order valence-electron chi connectivity index (χ2n) is 3.30. The highest BCUT2D eigenvalue weighted by atomic mass is 19.3. The fraction of sp³-hybridized carbons (Fsp3) is 0.400. The lowest BCUT2D eigenvalue weighted by Gasteiger charge is -2.10. The Labute approximate surface area is 101 Å². The molecule has 0 amide bonds. The van der Waals surface area contributed by atoms with E-state index in [4.69, 9.17) is 0 Å². The van der Waals surface area contributed by atoms with E-state index >= 15 is 0 Å². The van der Waals surface area contributed by atoms with Crippen LogP contribution in [0.15, 0.2) is 6.20 Å². The average molecular weight is 260 g/mol. The monoisotopic (exact) mass is 260 g/mol. The molecule has 0 saturated carbocycles. The summed E-state index contributed by atoms with van der Waals surface area (Å²) in [5.41, 5.74) is -2.42. The third-order valence-electron chi connectivity index (χ3n) is 2.19. The van der Waals surface area contributed by atoms with Crippen LogP contribution < -0.4 is 0 Å². The number of carbonyl (C=O) groups excluding carboxylic acids is 1. The zero-order valence-corrected chi connectivity index (χ0v) is 9.65. The Kier molecular flexibility index (Phi) is 4.24. The van der Waals surface area contributed by atoms with Crippen molar-refractivity contribution in [3.05, 3.63) is 33.1 Å². The standard InChI is InChI=1S/C10H10F2N2O4/c1-3-18-10(15)8-6(14(16)17)4-13-5(2)7(8)9(11)12/h4,9H,3H2,1-2H3. The van der Waals surface area contributed by atoms with Crippen LogP contribution in [0.5, 0.6) is 0 Å². The van der Waals surface area contributed by atoms with Gasteiger partial charge in [-0.3, -0.25) is 15.1 Å². The third kappa shape index (κ3) is 2.58. The van der Waals surface area contributed by atoms with Gasteiger partial charge in [-0.25, -0.2) is 13.6 Å². The first kappa shape index (κ1) is 13.9. The maximum Gasteiger partial charge on any atom is 0.345 e. The van der Waals surface area contributed by atoms with Crippen molar-refractivity contribution in [2.45, 2.75) is 20.3 Å². The molecule has 1 rings (SSSR count). The summed E-state index contributed by atoms with van der Waals surface area (Å²) in [6.45, 7) is 2.65. The van der Waals surface area contributed by atoms with Gasteiger partial charge in [0, 0.05) is 5.69 Å². The lowest BCUT2D eigenvalue weighted by molar-refractivity contribution is -0.385. The van der Waals surface area contributed by atoms with Gasteiger partial charge in [-0.05, 0) is 13.8 Å². The summed E-state index contributed by atoms with van der Waals surface area (Å²) in [4.78, 5) is 24.8. The number of ether oxygens (including phenoxy) is 1. The van der Waals surface area contributed by atoms with Gasteiger partial charge >= 0.3 is 11.7 Å². The fourth-order valence-corrected chi connectivity index (χ4v) is 1.43.